The lowest BCUT2D eigenvalue weighted by atomic mass is 9.82. The van der Waals surface area contributed by atoms with E-state index in [1.165, 1.54) is 0 Å². The number of hydrogen-bond acceptors (Lipinski definition) is 0. The zero-order valence-electron chi connectivity index (χ0n) is 9.15. The highest BCUT2D eigenvalue weighted by molar-refractivity contribution is 7.73. The normalized spacial score (nSPS) is 15.2. The standard InChI is InChI=1S/C10H23P/c1-9(2,3)10(4,5)11(6,7)8/h6H2,1-5,7-8H3. The molecule has 0 fully saturated rings. The van der Waals surface area contributed by atoms with Crippen molar-refractivity contribution in [3.8, 4) is 0 Å². The Labute approximate surface area is 72.4 Å². The Hall–Kier alpha value is 0.300. The lowest BCUT2D eigenvalue weighted by Crippen LogP contribution is -2.36. The van der Waals surface area contributed by atoms with Crippen LogP contribution in [0.25, 0.3) is 0 Å². The van der Waals surface area contributed by atoms with Crippen LogP contribution in [0.1, 0.15) is 34.6 Å². The van der Waals surface area contributed by atoms with Crippen LogP contribution in [-0.2, 0) is 0 Å². The molecule has 0 aliphatic carbocycles. The molecule has 0 saturated heterocycles. The van der Waals surface area contributed by atoms with Gasteiger partial charge in [0.1, 0.15) is 0 Å². The quantitative estimate of drug-likeness (QED) is 0.533. The highest BCUT2D eigenvalue weighted by Gasteiger charge is 2.37. The summed E-state index contributed by atoms with van der Waals surface area (Å²) in [6.07, 6.45) is 4.32. The van der Waals surface area contributed by atoms with Crippen LogP contribution in [0.4, 0.5) is 0 Å². The first-order valence-electron chi connectivity index (χ1n) is 4.18. The molecule has 0 aromatic carbocycles. The monoisotopic (exact) mass is 174 g/mol. The van der Waals surface area contributed by atoms with Gasteiger partial charge >= 0.3 is 0 Å². The second-order valence-electron chi connectivity index (χ2n) is 5.49. The SMILES string of the molecule is C=P(C)(C)C(C)(C)C(C)(C)C. The fourth-order valence-electron chi connectivity index (χ4n) is 0.908. The Morgan fingerprint density at radius 3 is 1.18 bits per heavy atom. The Bertz CT molecular complexity index is 176. The minimum absolute atomic E-state index is 0.367. The summed E-state index contributed by atoms with van der Waals surface area (Å²) in [7, 11) is 0. The summed E-state index contributed by atoms with van der Waals surface area (Å²) in [4.78, 5) is 0. The third-order valence-electron chi connectivity index (χ3n) is 3.35. The summed E-state index contributed by atoms with van der Waals surface area (Å²) in [5.74, 6) is 0. The minimum atomic E-state index is -0.990. The Morgan fingerprint density at radius 2 is 1.18 bits per heavy atom. The van der Waals surface area contributed by atoms with E-state index in [4.69, 9.17) is 0 Å². The summed E-state index contributed by atoms with van der Waals surface area (Å²) in [6.45, 7) is 15.2. The van der Waals surface area contributed by atoms with Crippen molar-refractivity contribution in [1.82, 2.24) is 0 Å². The number of rotatable bonds is 1. The van der Waals surface area contributed by atoms with E-state index in [-0.39, 0.29) is 0 Å². The molecule has 0 atom stereocenters. The highest BCUT2D eigenvalue weighted by atomic mass is 31.2. The van der Waals surface area contributed by atoms with E-state index >= 15 is 0 Å². The molecular formula is C10H23P. The molecule has 0 aromatic rings. The van der Waals surface area contributed by atoms with Crippen molar-refractivity contribution in [1.29, 1.82) is 0 Å². The van der Waals surface area contributed by atoms with Crippen molar-refractivity contribution < 1.29 is 0 Å². The van der Waals surface area contributed by atoms with Gasteiger partial charge in [0.05, 0.1) is 0 Å². The molecule has 68 valence electrons. The predicted molar refractivity (Wildman–Crippen MR) is 59.4 cm³/mol. The van der Waals surface area contributed by atoms with Crippen LogP contribution in [0.3, 0.4) is 0 Å². The van der Waals surface area contributed by atoms with Gasteiger partial charge < -0.3 is 0 Å². The molecule has 0 radical (unpaired) electrons. The van der Waals surface area contributed by atoms with Gasteiger partial charge in [-0.2, -0.15) is 0 Å². The van der Waals surface area contributed by atoms with Crippen molar-refractivity contribution in [2.45, 2.75) is 39.8 Å². The maximum absolute atomic E-state index is 4.32. The van der Waals surface area contributed by atoms with Gasteiger partial charge in [-0.3, -0.25) is 0 Å². The van der Waals surface area contributed by atoms with Crippen molar-refractivity contribution >= 4 is 13.2 Å². The maximum atomic E-state index is 4.32. The van der Waals surface area contributed by atoms with Crippen LogP contribution in [0.15, 0.2) is 0 Å². The highest BCUT2D eigenvalue weighted by Crippen LogP contribution is 2.58. The molecule has 11 heavy (non-hydrogen) atoms. The molecule has 0 bridgehead atoms. The maximum Gasteiger partial charge on any atom is -0.0114 e. The molecule has 0 aromatic heterocycles. The molecule has 0 saturated carbocycles. The third kappa shape index (κ3) is 2.12. The average molecular weight is 174 g/mol. The van der Waals surface area contributed by atoms with Crippen LogP contribution >= 0.6 is 6.89 Å². The van der Waals surface area contributed by atoms with Gasteiger partial charge in [0, 0.05) is 0 Å². The number of hydrogen-bond donors (Lipinski definition) is 0. The molecule has 1 heteroatoms. The third-order valence-corrected chi connectivity index (χ3v) is 7.05. The van der Waals surface area contributed by atoms with Gasteiger partial charge in [0.25, 0.3) is 0 Å². The summed E-state index contributed by atoms with van der Waals surface area (Å²) >= 11 is 0. The Kier molecular flexibility index (Phi) is 2.73. The predicted octanol–water partition coefficient (Wildman–Crippen LogP) is 3.52. The van der Waals surface area contributed by atoms with Gasteiger partial charge in [-0.15, -0.1) is 13.2 Å². The van der Waals surface area contributed by atoms with E-state index in [0.717, 1.165) is 0 Å². The van der Waals surface area contributed by atoms with Crippen LogP contribution < -0.4 is 0 Å². The largest absolute Gasteiger partial charge is 0.112 e. The zero-order chi connectivity index (χ0) is 9.50. The lowest BCUT2D eigenvalue weighted by Gasteiger charge is -2.46. The van der Waals surface area contributed by atoms with Crippen LogP contribution in [0, 0.1) is 5.41 Å². The molecule has 0 heterocycles. The first kappa shape index (κ1) is 11.3. The lowest BCUT2D eigenvalue weighted by molar-refractivity contribution is 0.313. The van der Waals surface area contributed by atoms with Gasteiger partial charge in [0.2, 0.25) is 0 Å². The summed E-state index contributed by atoms with van der Waals surface area (Å²) in [5, 5.41) is 0.375. The minimum Gasteiger partial charge on any atom is -0.112 e. The molecule has 0 unspecified atom stereocenters. The smallest absolute Gasteiger partial charge is 0.0114 e. The fraction of sp³-hybridized carbons (Fsp3) is 0.900. The first-order chi connectivity index (χ1) is 4.50. The zero-order valence-corrected chi connectivity index (χ0v) is 10.0. The molecule has 0 nitrogen and oxygen atoms in total. The van der Waals surface area contributed by atoms with Crippen molar-refractivity contribution in [3.63, 3.8) is 0 Å². The summed E-state index contributed by atoms with van der Waals surface area (Å²) in [5.41, 5.74) is 0.367. The van der Waals surface area contributed by atoms with Crippen molar-refractivity contribution in [2.24, 2.45) is 5.41 Å². The topological polar surface area (TPSA) is 0 Å². The average Bonchev–Trinajstić information content (AvgIpc) is 1.58. The van der Waals surface area contributed by atoms with E-state index in [1.54, 1.807) is 0 Å². The molecular weight excluding hydrogens is 151 g/mol. The molecule has 0 rings (SSSR count). The second kappa shape index (κ2) is 2.66. The fourth-order valence-corrected chi connectivity index (χ4v) is 2.72. The van der Waals surface area contributed by atoms with Crippen LogP contribution in [0.2, 0.25) is 0 Å². The van der Waals surface area contributed by atoms with Gasteiger partial charge in [-0.1, -0.05) is 34.6 Å². The first-order valence-corrected chi connectivity index (χ1v) is 7.05. The van der Waals surface area contributed by atoms with Gasteiger partial charge in [-0.25, -0.2) is 0 Å². The summed E-state index contributed by atoms with van der Waals surface area (Å²) < 4.78 is 0. The van der Waals surface area contributed by atoms with Gasteiger partial charge in [-0.05, 0) is 23.9 Å². The summed E-state index contributed by atoms with van der Waals surface area (Å²) in [6, 6.07) is 0. The molecule has 0 spiro atoms. The van der Waals surface area contributed by atoms with E-state index in [9.17, 15) is 0 Å². The van der Waals surface area contributed by atoms with Crippen molar-refractivity contribution in [2.75, 3.05) is 13.3 Å². The van der Waals surface area contributed by atoms with E-state index in [0.29, 0.717) is 10.6 Å². The molecule has 0 aliphatic rings. The van der Waals surface area contributed by atoms with Crippen LogP contribution in [0.5, 0.6) is 0 Å². The van der Waals surface area contributed by atoms with E-state index in [2.05, 4.69) is 54.2 Å². The molecule has 0 N–H and O–H groups in total. The van der Waals surface area contributed by atoms with Gasteiger partial charge in [0.15, 0.2) is 0 Å². The van der Waals surface area contributed by atoms with E-state index in [1.807, 2.05) is 0 Å². The second-order valence-corrected chi connectivity index (χ2v) is 9.98. The van der Waals surface area contributed by atoms with Crippen molar-refractivity contribution in [3.05, 3.63) is 0 Å². The van der Waals surface area contributed by atoms with E-state index < -0.39 is 6.89 Å². The Morgan fingerprint density at radius 1 is 0.909 bits per heavy atom. The molecule has 0 amide bonds. The van der Waals surface area contributed by atoms with Crippen LogP contribution in [-0.4, -0.2) is 24.8 Å². The Balaban J connectivity index is 4.91. The molecule has 0 aliphatic heterocycles.